The molecular formula is C26H31NO3. The number of benzene rings is 2. The van der Waals surface area contributed by atoms with Gasteiger partial charge in [-0.2, -0.15) is 0 Å². The molecule has 0 fully saturated rings. The largest absolute Gasteiger partial charge is 0.494 e. The van der Waals surface area contributed by atoms with Gasteiger partial charge < -0.3 is 10.1 Å². The number of carbonyl (C=O) groups excluding carboxylic acids is 2. The Morgan fingerprint density at radius 1 is 0.933 bits per heavy atom. The number of ketones is 1. The Kier molecular flexibility index (Phi) is 9.15. The summed E-state index contributed by atoms with van der Waals surface area (Å²) in [7, 11) is 0. The van der Waals surface area contributed by atoms with Gasteiger partial charge in [-0.3, -0.25) is 9.59 Å². The molecule has 0 aliphatic heterocycles. The van der Waals surface area contributed by atoms with Crippen LogP contribution in [0.2, 0.25) is 0 Å². The lowest BCUT2D eigenvalue weighted by atomic mass is 10.0. The number of ether oxygens (including phenoxy) is 1. The fourth-order valence-electron chi connectivity index (χ4n) is 2.93. The number of hydrogen-bond donors (Lipinski definition) is 1. The average Bonchev–Trinajstić information content (AvgIpc) is 2.74. The van der Waals surface area contributed by atoms with Crippen LogP contribution in [0.4, 0.5) is 0 Å². The zero-order valence-electron chi connectivity index (χ0n) is 18.3. The highest BCUT2D eigenvalue weighted by Gasteiger charge is 2.18. The molecule has 158 valence electrons. The van der Waals surface area contributed by atoms with E-state index in [0.717, 1.165) is 28.9 Å². The maximum Gasteiger partial charge on any atom is 0.287 e. The van der Waals surface area contributed by atoms with Crippen LogP contribution < -0.4 is 10.1 Å². The first-order chi connectivity index (χ1) is 14.4. The van der Waals surface area contributed by atoms with Crippen LogP contribution in [0.15, 0.2) is 48.5 Å². The van der Waals surface area contributed by atoms with E-state index in [2.05, 4.69) is 17.2 Å². The van der Waals surface area contributed by atoms with Crippen molar-refractivity contribution in [3.63, 3.8) is 0 Å². The van der Waals surface area contributed by atoms with Crippen molar-refractivity contribution in [3.05, 3.63) is 65.2 Å². The van der Waals surface area contributed by atoms with Crippen molar-refractivity contribution in [1.82, 2.24) is 5.32 Å². The van der Waals surface area contributed by atoms with Crippen LogP contribution >= 0.6 is 0 Å². The SMILES string of the molecule is CCOc1ccc(C#Cc2ccc(CC(C)NC(=O)C(=O)CC(C)CC)cc2)cc1. The van der Waals surface area contributed by atoms with Gasteiger partial charge in [0.05, 0.1) is 6.61 Å². The van der Waals surface area contributed by atoms with Crippen molar-refractivity contribution in [2.45, 2.75) is 53.0 Å². The number of Topliss-reactive ketones (excluding diaryl/α,β-unsaturated/α-hetero) is 1. The van der Waals surface area contributed by atoms with Crippen molar-refractivity contribution < 1.29 is 14.3 Å². The molecule has 0 aliphatic carbocycles. The number of amides is 1. The standard InChI is InChI=1S/C26H31NO3/c1-5-19(3)17-25(28)26(29)27-20(4)18-23-11-9-21(10-12-23)7-8-22-13-15-24(16-14-22)30-6-2/h9-16,19-20H,5-6,17-18H2,1-4H3,(H,27,29). The number of carbonyl (C=O) groups is 2. The van der Waals surface area contributed by atoms with E-state index in [1.807, 2.05) is 76.2 Å². The smallest absolute Gasteiger partial charge is 0.287 e. The lowest BCUT2D eigenvalue weighted by Gasteiger charge is -2.14. The van der Waals surface area contributed by atoms with Gasteiger partial charge in [-0.15, -0.1) is 0 Å². The molecule has 0 saturated heterocycles. The van der Waals surface area contributed by atoms with Gasteiger partial charge in [-0.05, 0) is 68.1 Å². The predicted octanol–water partition coefficient (Wildman–Crippen LogP) is 4.54. The molecule has 1 amide bonds. The van der Waals surface area contributed by atoms with E-state index in [-0.39, 0.29) is 17.7 Å². The summed E-state index contributed by atoms with van der Waals surface area (Å²) in [6, 6.07) is 15.6. The van der Waals surface area contributed by atoms with Crippen LogP contribution in [0, 0.1) is 17.8 Å². The molecule has 0 saturated carbocycles. The van der Waals surface area contributed by atoms with Gasteiger partial charge in [0.25, 0.3) is 5.91 Å². The first kappa shape index (κ1) is 23.2. The van der Waals surface area contributed by atoms with Gasteiger partial charge in [-0.25, -0.2) is 0 Å². The Morgan fingerprint density at radius 2 is 1.50 bits per heavy atom. The summed E-state index contributed by atoms with van der Waals surface area (Å²) < 4.78 is 5.43. The molecule has 2 atom stereocenters. The monoisotopic (exact) mass is 405 g/mol. The van der Waals surface area contributed by atoms with E-state index in [9.17, 15) is 9.59 Å². The molecule has 0 spiro atoms. The van der Waals surface area contributed by atoms with E-state index in [1.54, 1.807) is 0 Å². The minimum absolute atomic E-state index is 0.112. The van der Waals surface area contributed by atoms with Crippen LogP contribution in [0.5, 0.6) is 5.75 Å². The third kappa shape index (κ3) is 7.75. The molecular weight excluding hydrogens is 374 g/mol. The highest BCUT2D eigenvalue weighted by Crippen LogP contribution is 2.12. The third-order valence-corrected chi connectivity index (χ3v) is 4.87. The highest BCUT2D eigenvalue weighted by atomic mass is 16.5. The van der Waals surface area contributed by atoms with Crippen LogP contribution in [0.25, 0.3) is 0 Å². The van der Waals surface area contributed by atoms with Crippen LogP contribution in [0.1, 0.15) is 57.2 Å². The van der Waals surface area contributed by atoms with Crippen molar-refractivity contribution >= 4 is 11.7 Å². The van der Waals surface area contributed by atoms with Gasteiger partial charge in [0.2, 0.25) is 5.78 Å². The highest BCUT2D eigenvalue weighted by molar-refractivity contribution is 6.36. The molecule has 2 unspecified atom stereocenters. The summed E-state index contributed by atoms with van der Waals surface area (Å²) >= 11 is 0. The molecule has 0 radical (unpaired) electrons. The Labute approximate surface area is 180 Å². The van der Waals surface area contributed by atoms with Crippen molar-refractivity contribution in [3.8, 4) is 17.6 Å². The van der Waals surface area contributed by atoms with Crippen LogP contribution in [-0.2, 0) is 16.0 Å². The quantitative estimate of drug-likeness (QED) is 0.492. The Morgan fingerprint density at radius 3 is 2.03 bits per heavy atom. The summed E-state index contributed by atoms with van der Waals surface area (Å²) in [5.41, 5.74) is 2.94. The van der Waals surface area contributed by atoms with Crippen molar-refractivity contribution in [2.75, 3.05) is 6.61 Å². The van der Waals surface area contributed by atoms with Gasteiger partial charge >= 0.3 is 0 Å². The van der Waals surface area contributed by atoms with Crippen molar-refractivity contribution in [1.29, 1.82) is 0 Å². The Bertz CT molecular complexity index is 889. The second-order valence-electron chi connectivity index (χ2n) is 7.62. The summed E-state index contributed by atoms with van der Waals surface area (Å²) in [4.78, 5) is 24.0. The van der Waals surface area contributed by atoms with Crippen molar-refractivity contribution in [2.24, 2.45) is 5.92 Å². The second kappa shape index (κ2) is 11.8. The first-order valence-electron chi connectivity index (χ1n) is 10.6. The molecule has 2 aromatic rings. The normalized spacial score (nSPS) is 12.3. The Balaban J connectivity index is 1.88. The second-order valence-corrected chi connectivity index (χ2v) is 7.62. The molecule has 4 heteroatoms. The molecule has 2 rings (SSSR count). The van der Waals surface area contributed by atoms with E-state index in [1.165, 1.54) is 0 Å². The molecule has 30 heavy (non-hydrogen) atoms. The topological polar surface area (TPSA) is 55.4 Å². The van der Waals surface area contributed by atoms with Crippen LogP contribution in [-0.4, -0.2) is 24.3 Å². The van der Waals surface area contributed by atoms with Gasteiger partial charge in [0.15, 0.2) is 0 Å². The van der Waals surface area contributed by atoms with Gasteiger partial charge in [0.1, 0.15) is 5.75 Å². The maximum atomic E-state index is 12.0. The lowest BCUT2D eigenvalue weighted by Crippen LogP contribution is -2.39. The van der Waals surface area contributed by atoms with E-state index in [4.69, 9.17) is 4.74 Å². The molecule has 0 bridgehead atoms. The van der Waals surface area contributed by atoms with E-state index in [0.29, 0.717) is 19.4 Å². The number of nitrogens with one attached hydrogen (secondary N) is 1. The summed E-state index contributed by atoms with van der Waals surface area (Å²) in [6.07, 6.45) is 1.86. The molecule has 4 nitrogen and oxygen atoms in total. The molecule has 0 heterocycles. The molecule has 2 aromatic carbocycles. The first-order valence-corrected chi connectivity index (χ1v) is 10.6. The minimum Gasteiger partial charge on any atom is -0.494 e. The van der Waals surface area contributed by atoms with Gasteiger partial charge in [-0.1, -0.05) is 44.2 Å². The molecule has 1 N–H and O–H groups in total. The Hall–Kier alpha value is -3.06. The lowest BCUT2D eigenvalue weighted by molar-refractivity contribution is -0.138. The maximum absolute atomic E-state index is 12.0. The average molecular weight is 406 g/mol. The zero-order chi connectivity index (χ0) is 21.9. The van der Waals surface area contributed by atoms with Crippen LogP contribution in [0.3, 0.4) is 0 Å². The van der Waals surface area contributed by atoms with E-state index >= 15 is 0 Å². The zero-order valence-corrected chi connectivity index (χ0v) is 18.3. The number of hydrogen-bond acceptors (Lipinski definition) is 3. The van der Waals surface area contributed by atoms with Gasteiger partial charge in [0, 0.05) is 23.6 Å². The summed E-state index contributed by atoms with van der Waals surface area (Å²) in [6.45, 7) is 8.52. The fourth-order valence-corrected chi connectivity index (χ4v) is 2.93. The molecule has 0 aromatic heterocycles. The summed E-state index contributed by atoms with van der Waals surface area (Å²) in [5.74, 6) is 6.56. The minimum atomic E-state index is -0.486. The fraction of sp³-hybridized carbons (Fsp3) is 0.385. The van der Waals surface area contributed by atoms with E-state index < -0.39 is 5.91 Å². The summed E-state index contributed by atoms with van der Waals surface area (Å²) in [5, 5.41) is 2.81. The molecule has 0 aliphatic rings. The number of rotatable bonds is 9. The predicted molar refractivity (Wildman–Crippen MR) is 120 cm³/mol. The third-order valence-electron chi connectivity index (χ3n) is 4.87.